The average Bonchev–Trinajstić information content (AvgIpc) is 3.17. The summed E-state index contributed by atoms with van der Waals surface area (Å²) in [6.45, 7) is 5.00. The molecule has 3 rings (SSSR count). The van der Waals surface area contributed by atoms with Gasteiger partial charge in [0, 0.05) is 18.1 Å². The van der Waals surface area contributed by atoms with E-state index >= 15 is 0 Å². The molecular formula is C16H19Cl2N5OS2. The Kier molecular flexibility index (Phi) is 6.92. The Morgan fingerprint density at radius 2 is 1.96 bits per heavy atom. The van der Waals surface area contributed by atoms with E-state index in [1.165, 1.54) is 11.3 Å². The fourth-order valence-corrected chi connectivity index (χ4v) is 4.15. The zero-order valence-electron chi connectivity index (χ0n) is 14.8. The summed E-state index contributed by atoms with van der Waals surface area (Å²) in [5, 5.41) is 5.30. The Labute approximate surface area is 171 Å². The molecule has 26 heavy (non-hydrogen) atoms. The van der Waals surface area contributed by atoms with Gasteiger partial charge in [0.25, 0.3) is 5.91 Å². The number of carbonyl (C=O) groups is 1. The Hall–Kier alpha value is -1.32. The first-order valence-electron chi connectivity index (χ1n) is 7.69. The summed E-state index contributed by atoms with van der Waals surface area (Å²) in [5.74, 6) is -0.114. The van der Waals surface area contributed by atoms with Crippen LogP contribution in [-0.2, 0) is 0 Å². The van der Waals surface area contributed by atoms with E-state index in [2.05, 4.69) is 9.59 Å². The molecule has 1 aromatic carbocycles. The Morgan fingerprint density at radius 1 is 1.23 bits per heavy atom. The number of aromatic nitrogens is 3. The Bertz CT molecular complexity index is 925. The first-order valence-corrected chi connectivity index (χ1v) is 9.66. The molecule has 1 amide bonds. The van der Waals surface area contributed by atoms with E-state index in [1.54, 1.807) is 11.8 Å². The number of rotatable bonds is 5. The van der Waals surface area contributed by atoms with Crippen LogP contribution in [0.15, 0.2) is 12.1 Å². The number of amides is 1. The minimum Gasteiger partial charge on any atom is -0.308 e. The van der Waals surface area contributed by atoms with Crippen molar-refractivity contribution in [2.75, 3.05) is 32.1 Å². The monoisotopic (exact) mass is 431 g/mol. The lowest BCUT2D eigenvalue weighted by Crippen LogP contribution is -2.36. The highest BCUT2D eigenvalue weighted by molar-refractivity contribution is 7.22. The quantitative estimate of drug-likeness (QED) is 0.609. The fraction of sp³-hybridized carbons (Fsp3) is 0.375. The van der Waals surface area contributed by atoms with Crippen molar-refractivity contribution < 1.29 is 4.79 Å². The second kappa shape index (κ2) is 8.58. The van der Waals surface area contributed by atoms with Gasteiger partial charge in [-0.05, 0) is 57.2 Å². The highest BCUT2D eigenvalue weighted by atomic mass is 35.5. The Morgan fingerprint density at radius 3 is 2.58 bits per heavy atom. The molecule has 140 valence electrons. The summed E-state index contributed by atoms with van der Waals surface area (Å²) < 4.78 is 4.89. The number of fused-ring (bicyclic) bond motifs is 1. The van der Waals surface area contributed by atoms with Gasteiger partial charge in [-0.3, -0.25) is 9.69 Å². The number of likely N-dealkylation sites (N-methyl/N-ethyl adjacent to an activating group) is 1. The fourth-order valence-electron chi connectivity index (χ4n) is 2.34. The normalized spacial score (nSPS) is 11.0. The van der Waals surface area contributed by atoms with E-state index in [0.29, 0.717) is 27.3 Å². The topological polar surface area (TPSA) is 62.2 Å². The molecule has 0 fully saturated rings. The third-order valence-electron chi connectivity index (χ3n) is 3.83. The minimum atomic E-state index is -0.114. The highest BCUT2D eigenvalue weighted by Crippen LogP contribution is 2.34. The number of hydrogen-bond acceptors (Lipinski definition) is 7. The number of benzene rings is 1. The number of nitrogens with zero attached hydrogens (tertiary/aromatic N) is 5. The first-order chi connectivity index (χ1) is 11.9. The maximum Gasteiger partial charge on any atom is 0.273 e. The maximum absolute atomic E-state index is 13.0. The molecule has 0 aliphatic heterocycles. The van der Waals surface area contributed by atoms with Gasteiger partial charge in [0.15, 0.2) is 5.13 Å². The summed E-state index contributed by atoms with van der Waals surface area (Å²) in [5.41, 5.74) is 2.41. The molecule has 6 nitrogen and oxygen atoms in total. The highest BCUT2D eigenvalue weighted by Gasteiger charge is 2.25. The summed E-state index contributed by atoms with van der Waals surface area (Å²) in [6, 6.07) is 3.81. The third kappa shape index (κ3) is 4.15. The molecule has 2 heterocycles. The lowest BCUT2D eigenvalue weighted by Gasteiger charge is -2.21. The van der Waals surface area contributed by atoms with Crippen LogP contribution in [0.3, 0.4) is 0 Å². The smallest absolute Gasteiger partial charge is 0.273 e. The zero-order valence-corrected chi connectivity index (χ0v) is 18.0. The number of anilines is 1. The van der Waals surface area contributed by atoms with Crippen molar-refractivity contribution in [1.82, 2.24) is 19.5 Å². The molecule has 3 aromatic rings. The molecule has 0 saturated heterocycles. The number of hydrogen-bond donors (Lipinski definition) is 0. The molecule has 10 heteroatoms. The molecule has 0 radical (unpaired) electrons. The van der Waals surface area contributed by atoms with Gasteiger partial charge in [0.1, 0.15) is 4.88 Å². The van der Waals surface area contributed by atoms with Crippen molar-refractivity contribution in [2.24, 2.45) is 0 Å². The Balaban J connectivity index is 0.00000243. The van der Waals surface area contributed by atoms with Gasteiger partial charge >= 0.3 is 0 Å². The van der Waals surface area contributed by atoms with Gasteiger partial charge in [-0.25, -0.2) is 4.98 Å². The van der Waals surface area contributed by atoms with Crippen LogP contribution in [0.25, 0.3) is 10.2 Å². The third-order valence-corrected chi connectivity index (χ3v) is 6.10. The van der Waals surface area contributed by atoms with E-state index in [4.69, 9.17) is 16.6 Å². The van der Waals surface area contributed by atoms with Crippen molar-refractivity contribution in [1.29, 1.82) is 0 Å². The number of halogens is 2. The van der Waals surface area contributed by atoms with Gasteiger partial charge in [0.2, 0.25) is 0 Å². The zero-order chi connectivity index (χ0) is 18.1. The van der Waals surface area contributed by atoms with Crippen LogP contribution in [0.2, 0.25) is 5.02 Å². The van der Waals surface area contributed by atoms with Crippen molar-refractivity contribution in [2.45, 2.75) is 13.8 Å². The van der Waals surface area contributed by atoms with E-state index in [1.807, 2.05) is 38.1 Å². The molecule has 0 N–H and O–H groups in total. The van der Waals surface area contributed by atoms with Gasteiger partial charge < -0.3 is 4.90 Å². The lowest BCUT2D eigenvalue weighted by atomic mass is 10.2. The first kappa shape index (κ1) is 21.0. The average molecular weight is 432 g/mol. The van der Waals surface area contributed by atoms with E-state index in [-0.39, 0.29) is 18.3 Å². The summed E-state index contributed by atoms with van der Waals surface area (Å²) in [4.78, 5) is 22.0. The van der Waals surface area contributed by atoms with Crippen LogP contribution in [0, 0.1) is 13.8 Å². The molecule has 0 aliphatic rings. The predicted octanol–water partition coefficient (Wildman–Crippen LogP) is 4.05. The number of aryl methyl sites for hydroxylation is 2. The van der Waals surface area contributed by atoms with Crippen molar-refractivity contribution in [3.05, 3.63) is 33.3 Å². The molecule has 2 aromatic heterocycles. The van der Waals surface area contributed by atoms with Crippen LogP contribution in [0.4, 0.5) is 5.13 Å². The largest absolute Gasteiger partial charge is 0.308 e. The molecule has 0 atom stereocenters. The standard InChI is InChI=1S/C16H18ClN5OS2.ClH/c1-9-11(17)5-6-12-13(9)18-16(24-12)22(8-7-21(3)4)15(23)14-10(2)19-20-25-14;/h5-6H,7-8H2,1-4H3;1H. The molecule has 0 aliphatic carbocycles. The van der Waals surface area contributed by atoms with Crippen molar-refractivity contribution in [3.8, 4) is 0 Å². The van der Waals surface area contributed by atoms with Crippen LogP contribution in [0.1, 0.15) is 20.9 Å². The SMILES string of the molecule is Cc1nnsc1C(=O)N(CCN(C)C)c1nc2c(C)c(Cl)ccc2s1.Cl. The lowest BCUT2D eigenvalue weighted by molar-refractivity contribution is 0.0988. The summed E-state index contributed by atoms with van der Waals surface area (Å²) >= 11 is 8.82. The van der Waals surface area contributed by atoms with Gasteiger partial charge in [-0.1, -0.05) is 27.4 Å². The molecule has 0 unspecified atom stereocenters. The van der Waals surface area contributed by atoms with E-state index in [0.717, 1.165) is 33.9 Å². The van der Waals surface area contributed by atoms with E-state index < -0.39 is 0 Å². The second-order valence-corrected chi connectivity index (χ2v) is 8.13. The van der Waals surface area contributed by atoms with Gasteiger partial charge in [-0.15, -0.1) is 17.5 Å². The van der Waals surface area contributed by atoms with Crippen molar-refractivity contribution >= 4 is 68.1 Å². The molecule has 0 bridgehead atoms. The van der Waals surface area contributed by atoms with Crippen LogP contribution in [-0.4, -0.2) is 52.6 Å². The van der Waals surface area contributed by atoms with Crippen LogP contribution < -0.4 is 4.90 Å². The molecule has 0 spiro atoms. The number of carbonyl (C=O) groups excluding carboxylic acids is 1. The summed E-state index contributed by atoms with van der Waals surface area (Å²) in [7, 11) is 3.95. The van der Waals surface area contributed by atoms with Crippen LogP contribution >= 0.6 is 46.9 Å². The molecule has 0 saturated carbocycles. The van der Waals surface area contributed by atoms with Crippen LogP contribution in [0.5, 0.6) is 0 Å². The maximum atomic E-state index is 13.0. The predicted molar refractivity (Wildman–Crippen MR) is 111 cm³/mol. The van der Waals surface area contributed by atoms with Crippen molar-refractivity contribution in [3.63, 3.8) is 0 Å². The van der Waals surface area contributed by atoms with E-state index in [9.17, 15) is 4.79 Å². The minimum absolute atomic E-state index is 0. The summed E-state index contributed by atoms with van der Waals surface area (Å²) in [6.07, 6.45) is 0. The number of thiazole rings is 1. The second-order valence-electron chi connectivity index (χ2n) is 5.96. The van der Waals surface area contributed by atoms with Gasteiger partial charge in [0.05, 0.1) is 15.9 Å². The molecular weight excluding hydrogens is 413 g/mol. The van der Waals surface area contributed by atoms with Gasteiger partial charge in [-0.2, -0.15) is 0 Å².